The summed E-state index contributed by atoms with van der Waals surface area (Å²) < 4.78 is 0. The minimum absolute atomic E-state index is 0.687. The number of anilines is 1. The maximum atomic E-state index is 5.74. The maximum Gasteiger partial charge on any atom is 0.0361 e. The predicted molar refractivity (Wildman–Crippen MR) is 82.5 cm³/mol. The van der Waals surface area contributed by atoms with Gasteiger partial charge in [0.1, 0.15) is 0 Å². The Morgan fingerprint density at radius 2 is 1.95 bits per heavy atom. The van der Waals surface area contributed by atoms with Gasteiger partial charge in [0.2, 0.25) is 0 Å². The highest BCUT2D eigenvalue weighted by Gasteiger charge is 2.21. The van der Waals surface area contributed by atoms with Gasteiger partial charge in [-0.25, -0.2) is 0 Å². The van der Waals surface area contributed by atoms with E-state index in [-0.39, 0.29) is 0 Å². The van der Waals surface area contributed by atoms with Crippen LogP contribution in [0.5, 0.6) is 0 Å². The molecule has 0 aromatic heterocycles. The normalized spacial score (nSPS) is 20.5. The van der Waals surface area contributed by atoms with E-state index in [0.717, 1.165) is 19.5 Å². The number of likely N-dealkylation sites (tertiary alicyclic amines) is 1. The van der Waals surface area contributed by atoms with Crippen molar-refractivity contribution in [2.45, 2.75) is 38.3 Å². The second-order valence-corrected chi connectivity index (χ2v) is 5.76. The van der Waals surface area contributed by atoms with Crippen LogP contribution in [0.2, 0.25) is 0 Å². The van der Waals surface area contributed by atoms with E-state index >= 15 is 0 Å². The first-order chi connectivity index (χ1) is 9.20. The lowest BCUT2D eigenvalue weighted by Gasteiger charge is -2.35. The van der Waals surface area contributed by atoms with E-state index in [2.05, 4.69) is 48.2 Å². The van der Waals surface area contributed by atoms with Crippen LogP contribution >= 0.6 is 0 Å². The van der Waals surface area contributed by atoms with E-state index < -0.39 is 0 Å². The molecule has 3 heteroatoms. The van der Waals surface area contributed by atoms with Crippen molar-refractivity contribution in [1.29, 1.82) is 0 Å². The van der Waals surface area contributed by atoms with E-state index in [0.29, 0.717) is 6.04 Å². The Labute approximate surface area is 117 Å². The zero-order valence-corrected chi connectivity index (χ0v) is 12.3. The lowest BCUT2D eigenvalue weighted by Crippen LogP contribution is -2.40. The van der Waals surface area contributed by atoms with Crippen LogP contribution in [0.1, 0.15) is 31.2 Å². The number of rotatable bonds is 5. The van der Waals surface area contributed by atoms with Gasteiger partial charge in [0.05, 0.1) is 0 Å². The molecular weight excluding hydrogens is 234 g/mol. The molecule has 1 aromatic carbocycles. The third kappa shape index (κ3) is 3.95. The molecule has 1 atom stereocenters. The fourth-order valence-electron chi connectivity index (χ4n) is 2.92. The number of piperidine rings is 1. The predicted octanol–water partition coefficient (Wildman–Crippen LogP) is 2.46. The lowest BCUT2D eigenvalue weighted by atomic mass is 9.98. The highest BCUT2D eigenvalue weighted by atomic mass is 15.2. The average Bonchev–Trinajstić information content (AvgIpc) is 2.42. The van der Waals surface area contributed by atoms with Gasteiger partial charge in [-0.05, 0) is 50.0 Å². The molecule has 0 bridgehead atoms. The van der Waals surface area contributed by atoms with E-state index in [1.165, 1.54) is 37.1 Å². The SMILES string of the molecule is CN(C)c1ccc(CN2CCCCC2CCN)cc1. The maximum absolute atomic E-state index is 5.74. The van der Waals surface area contributed by atoms with Crippen LogP contribution in [0.25, 0.3) is 0 Å². The van der Waals surface area contributed by atoms with Gasteiger partial charge in [-0.3, -0.25) is 4.90 Å². The fraction of sp³-hybridized carbons (Fsp3) is 0.625. The third-order valence-corrected chi connectivity index (χ3v) is 4.09. The smallest absolute Gasteiger partial charge is 0.0361 e. The molecule has 3 nitrogen and oxygen atoms in total. The van der Waals surface area contributed by atoms with Gasteiger partial charge in [-0.1, -0.05) is 18.6 Å². The quantitative estimate of drug-likeness (QED) is 0.883. The number of hydrogen-bond acceptors (Lipinski definition) is 3. The zero-order chi connectivity index (χ0) is 13.7. The van der Waals surface area contributed by atoms with Crippen LogP contribution in [0, 0.1) is 0 Å². The molecule has 0 radical (unpaired) electrons. The Hall–Kier alpha value is -1.06. The van der Waals surface area contributed by atoms with Crippen molar-refractivity contribution >= 4 is 5.69 Å². The van der Waals surface area contributed by atoms with Gasteiger partial charge in [0, 0.05) is 32.4 Å². The number of nitrogens with zero attached hydrogens (tertiary/aromatic N) is 2. The summed E-state index contributed by atoms with van der Waals surface area (Å²) in [4.78, 5) is 4.75. The van der Waals surface area contributed by atoms with Crippen molar-refractivity contribution in [2.75, 3.05) is 32.1 Å². The van der Waals surface area contributed by atoms with Gasteiger partial charge in [0.25, 0.3) is 0 Å². The molecule has 1 aromatic rings. The number of nitrogens with two attached hydrogens (primary N) is 1. The van der Waals surface area contributed by atoms with Crippen LogP contribution in [0.4, 0.5) is 5.69 Å². The summed E-state index contributed by atoms with van der Waals surface area (Å²) in [5.74, 6) is 0. The second-order valence-electron chi connectivity index (χ2n) is 5.76. The summed E-state index contributed by atoms with van der Waals surface area (Å²) in [6.07, 6.45) is 5.14. The fourth-order valence-corrected chi connectivity index (χ4v) is 2.92. The molecular formula is C16H27N3. The van der Waals surface area contributed by atoms with Crippen molar-refractivity contribution in [3.05, 3.63) is 29.8 Å². The molecule has 0 aliphatic carbocycles. The van der Waals surface area contributed by atoms with Crippen LogP contribution in [-0.4, -0.2) is 38.1 Å². The molecule has 2 rings (SSSR count). The molecule has 1 fully saturated rings. The second kappa shape index (κ2) is 6.92. The third-order valence-electron chi connectivity index (χ3n) is 4.09. The summed E-state index contributed by atoms with van der Waals surface area (Å²) in [6.45, 7) is 3.10. The Bertz CT molecular complexity index is 370. The molecule has 0 saturated carbocycles. The first-order valence-corrected chi connectivity index (χ1v) is 7.41. The Morgan fingerprint density at radius 1 is 1.21 bits per heavy atom. The van der Waals surface area contributed by atoms with Crippen molar-refractivity contribution in [3.8, 4) is 0 Å². The summed E-state index contributed by atoms with van der Waals surface area (Å²) in [7, 11) is 4.16. The molecule has 1 aliphatic rings. The minimum atomic E-state index is 0.687. The van der Waals surface area contributed by atoms with Crippen molar-refractivity contribution in [3.63, 3.8) is 0 Å². The molecule has 2 N–H and O–H groups in total. The Morgan fingerprint density at radius 3 is 2.58 bits per heavy atom. The van der Waals surface area contributed by atoms with Crippen molar-refractivity contribution < 1.29 is 0 Å². The van der Waals surface area contributed by atoms with E-state index in [1.807, 2.05) is 0 Å². The van der Waals surface area contributed by atoms with Crippen LogP contribution in [0.3, 0.4) is 0 Å². The zero-order valence-electron chi connectivity index (χ0n) is 12.3. The van der Waals surface area contributed by atoms with E-state index in [1.54, 1.807) is 0 Å². The molecule has 0 spiro atoms. The minimum Gasteiger partial charge on any atom is -0.378 e. The highest BCUT2D eigenvalue weighted by Crippen LogP contribution is 2.22. The van der Waals surface area contributed by atoms with Crippen LogP contribution < -0.4 is 10.6 Å². The molecule has 19 heavy (non-hydrogen) atoms. The Kier molecular flexibility index (Phi) is 5.23. The van der Waals surface area contributed by atoms with Crippen LogP contribution in [0.15, 0.2) is 24.3 Å². The summed E-state index contributed by atoms with van der Waals surface area (Å²) in [5.41, 5.74) is 8.41. The van der Waals surface area contributed by atoms with E-state index in [4.69, 9.17) is 5.73 Å². The summed E-state index contributed by atoms with van der Waals surface area (Å²) >= 11 is 0. The van der Waals surface area contributed by atoms with Crippen LogP contribution in [-0.2, 0) is 6.54 Å². The molecule has 1 heterocycles. The summed E-state index contributed by atoms with van der Waals surface area (Å²) in [6, 6.07) is 9.61. The van der Waals surface area contributed by atoms with Gasteiger partial charge in [0.15, 0.2) is 0 Å². The van der Waals surface area contributed by atoms with Gasteiger partial charge in [-0.15, -0.1) is 0 Å². The number of hydrogen-bond donors (Lipinski definition) is 1. The topological polar surface area (TPSA) is 32.5 Å². The Balaban J connectivity index is 1.98. The molecule has 1 saturated heterocycles. The standard InChI is InChI=1S/C16H27N3/c1-18(2)15-8-6-14(7-9-15)13-19-12-4-3-5-16(19)10-11-17/h6-9,16H,3-5,10-13,17H2,1-2H3. The largest absolute Gasteiger partial charge is 0.378 e. The first-order valence-electron chi connectivity index (χ1n) is 7.41. The lowest BCUT2D eigenvalue weighted by molar-refractivity contribution is 0.134. The highest BCUT2D eigenvalue weighted by molar-refractivity contribution is 5.45. The van der Waals surface area contributed by atoms with E-state index in [9.17, 15) is 0 Å². The molecule has 106 valence electrons. The molecule has 1 aliphatic heterocycles. The van der Waals surface area contributed by atoms with Gasteiger partial charge < -0.3 is 10.6 Å². The van der Waals surface area contributed by atoms with Crippen molar-refractivity contribution in [2.24, 2.45) is 5.73 Å². The van der Waals surface area contributed by atoms with Crippen molar-refractivity contribution in [1.82, 2.24) is 4.90 Å². The number of benzene rings is 1. The molecule has 0 amide bonds. The monoisotopic (exact) mass is 261 g/mol. The van der Waals surface area contributed by atoms with Gasteiger partial charge in [-0.2, -0.15) is 0 Å². The average molecular weight is 261 g/mol. The first kappa shape index (κ1) is 14.4. The van der Waals surface area contributed by atoms with Gasteiger partial charge >= 0.3 is 0 Å². The molecule has 1 unspecified atom stereocenters. The summed E-state index contributed by atoms with van der Waals surface area (Å²) in [5, 5.41) is 0.